The van der Waals surface area contributed by atoms with E-state index in [0.717, 1.165) is 5.56 Å². The Labute approximate surface area is 128 Å². The zero-order chi connectivity index (χ0) is 15.9. The van der Waals surface area contributed by atoms with Crippen LogP contribution in [0.5, 0.6) is 11.5 Å². The van der Waals surface area contributed by atoms with Crippen LogP contribution in [0.4, 0.5) is 9.18 Å². The Hall–Kier alpha value is -2.89. The van der Waals surface area contributed by atoms with E-state index in [9.17, 15) is 9.18 Å². The molecule has 0 aliphatic carbocycles. The molecule has 0 aliphatic heterocycles. The minimum absolute atomic E-state index is 0.299. The molecular formula is C16H16FN3O2. The van der Waals surface area contributed by atoms with Gasteiger partial charge < -0.3 is 9.64 Å². The Morgan fingerprint density at radius 1 is 1.09 bits per heavy atom. The summed E-state index contributed by atoms with van der Waals surface area (Å²) >= 11 is 0. The number of carbonyl (C=O) groups is 1. The maximum Gasteiger partial charge on any atom is 0.337 e. The number of rotatable bonds is 4. The van der Waals surface area contributed by atoms with Crippen LogP contribution in [0, 0.1) is 5.82 Å². The van der Waals surface area contributed by atoms with Gasteiger partial charge in [0, 0.05) is 14.1 Å². The Morgan fingerprint density at radius 3 is 2.18 bits per heavy atom. The molecule has 2 rings (SSSR count). The van der Waals surface area contributed by atoms with Gasteiger partial charge in [0.1, 0.15) is 17.3 Å². The molecule has 0 aliphatic rings. The molecule has 2 amide bonds. The van der Waals surface area contributed by atoms with E-state index in [0.29, 0.717) is 11.5 Å². The first-order valence-electron chi connectivity index (χ1n) is 6.58. The average Bonchev–Trinajstić information content (AvgIpc) is 2.51. The third kappa shape index (κ3) is 4.59. The van der Waals surface area contributed by atoms with Crippen molar-refractivity contribution in [2.75, 3.05) is 14.1 Å². The molecule has 2 aromatic carbocycles. The van der Waals surface area contributed by atoms with Crippen LogP contribution in [-0.2, 0) is 0 Å². The molecule has 114 valence electrons. The second-order valence-corrected chi connectivity index (χ2v) is 4.69. The summed E-state index contributed by atoms with van der Waals surface area (Å²) in [6, 6.07) is 12.6. The second-order valence-electron chi connectivity index (χ2n) is 4.69. The lowest BCUT2D eigenvalue weighted by Crippen LogP contribution is -2.31. The molecular weight excluding hydrogens is 285 g/mol. The molecule has 0 saturated carbocycles. The molecule has 0 bridgehead atoms. The van der Waals surface area contributed by atoms with E-state index in [-0.39, 0.29) is 11.8 Å². The molecule has 22 heavy (non-hydrogen) atoms. The highest BCUT2D eigenvalue weighted by atomic mass is 19.1. The first kappa shape index (κ1) is 15.5. The van der Waals surface area contributed by atoms with Gasteiger partial charge in [-0.15, -0.1) is 0 Å². The number of carbonyl (C=O) groups excluding carboxylic acids is 1. The van der Waals surface area contributed by atoms with Gasteiger partial charge in [-0.2, -0.15) is 5.10 Å². The van der Waals surface area contributed by atoms with E-state index in [1.165, 1.54) is 23.2 Å². The quantitative estimate of drug-likeness (QED) is 0.696. The first-order valence-corrected chi connectivity index (χ1v) is 6.58. The van der Waals surface area contributed by atoms with Crippen LogP contribution in [0.2, 0.25) is 0 Å². The summed E-state index contributed by atoms with van der Waals surface area (Å²) in [6.07, 6.45) is 1.53. The molecule has 0 unspecified atom stereocenters. The number of benzene rings is 2. The van der Waals surface area contributed by atoms with Gasteiger partial charge >= 0.3 is 6.03 Å². The van der Waals surface area contributed by atoms with Gasteiger partial charge in [-0.05, 0) is 54.1 Å². The summed E-state index contributed by atoms with van der Waals surface area (Å²) in [5.74, 6) is 0.876. The number of hydrogen-bond donors (Lipinski definition) is 1. The van der Waals surface area contributed by atoms with Gasteiger partial charge in [0.25, 0.3) is 0 Å². The second kappa shape index (κ2) is 7.21. The summed E-state index contributed by atoms with van der Waals surface area (Å²) in [7, 11) is 3.26. The molecule has 0 aromatic heterocycles. The first-order chi connectivity index (χ1) is 10.5. The summed E-state index contributed by atoms with van der Waals surface area (Å²) in [5, 5.41) is 3.84. The number of halogens is 1. The van der Waals surface area contributed by atoms with Gasteiger partial charge in [-0.3, -0.25) is 0 Å². The number of amides is 2. The molecule has 1 N–H and O–H groups in total. The van der Waals surface area contributed by atoms with Crippen LogP contribution in [0.3, 0.4) is 0 Å². The van der Waals surface area contributed by atoms with Gasteiger partial charge in [0.2, 0.25) is 0 Å². The predicted octanol–water partition coefficient (Wildman–Crippen LogP) is 3.22. The van der Waals surface area contributed by atoms with E-state index >= 15 is 0 Å². The smallest absolute Gasteiger partial charge is 0.337 e. The minimum atomic E-state index is -0.307. The van der Waals surface area contributed by atoms with Crippen molar-refractivity contribution in [2.24, 2.45) is 5.10 Å². The molecule has 0 radical (unpaired) electrons. The molecule has 2 aromatic rings. The molecule has 0 fully saturated rings. The summed E-state index contributed by atoms with van der Waals surface area (Å²) in [6.45, 7) is 0. The van der Waals surface area contributed by atoms with Gasteiger partial charge in [0.05, 0.1) is 6.21 Å². The Balaban J connectivity index is 1.94. The highest BCUT2D eigenvalue weighted by Crippen LogP contribution is 2.21. The third-order valence-electron chi connectivity index (χ3n) is 2.71. The van der Waals surface area contributed by atoms with Crippen molar-refractivity contribution < 1.29 is 13.9 Å². The fourth-order valence-corrected chi connectivity index (χ4v) is 1.52. The highest BCUT2D eigenvalue weighted by Gasteiger charge is 2.00. The van der Waals surface area contributed by atoms with Crippen LogP contribution in [0.1, 0.15) is 5.56 Å². The van der Waals surface area contributed by atoms with Crippen LogP contribution >= 0.6 is 0 Å². The van der Waals surface area contributed by atoms with E-state index in [2.05, 4.69) is 10.5 Å². The Bertz CT molecular complexity index is 652. The van der Waals surface area contributed by atoms with Gasteiger partial charge in [0.15, 0.2) is 0 Å². The number of nitrogens with zero attached hydrogens (tertiary/aromatic N) is 2. The maximum absolute atomic E-state index is 12.8. The molecule has 5 nitrogen and oxygen atoms in total. The van der Waals surface area contributed by atoms with E-state index in [4.69, 9.17) is 4.74 Å². The minimum Gasteiger partial charge on any atom is -0.457 e. The van der Waals surface area contributed by atoms with Crippen molar-refractivity contribution >= 4 is 12.2 Å². The molecule has 0 spiro atoms. The zero-order valence-electron chi connectivity index (χ0n) is 12.3. The maximum atomic E-state index is 12.8. The fraction of sp³-hybridized carbons (Fsp3) is 0.125. The monoisotopic (exact) mass is 301 g/mol. The molecule has 6 heteroatoms. The third-order valence-corrected chi connectivity index (χ3v) is 2.71. The van der Waals surface area contributed by atoms with Crippen LogP contribution in [0.25, 0.3) is 0 Å². The van der Waals surface area contributed by atoms with Crippen molar-refractivity contribution in [1.29, 1.82) is 0 Å². The van der Waals surface area contributed by atoms with E-state index in [1.54, 1.807) is 50.5 Å². The fourth-order valence-electron chi connectivity index (χ4n) is 1.52. The number of hydrazone groups is 1. The van der Waals surface area contributed by atoms with Crippen LogP contribution in [0.15, 0.2) is 53.6 Å². The van der Waals surface area contributed by atoms with E-state index in [1.807, 2.05) is 0 Å². The average molecular weight is 301 g/mol. The van der Waals surface area contributed by atoms with Crippen LogP contribution < -0.4 is 10.2 Å². The molecule has 0 saturated heterocycles. The highest BCUT2D eigenvalue weighted by molar-refractivity contribution is 5.81. The SMILES string of the molecule is CN(C)C(=O)NN=Cc1ccc(Oc2ccc(F)cc2)cc1. The number of nitrogens with one attached hydrogen (secondary N) is 1. The van der Waals surface area contributed by atoms with Crippen molar-refractivity contribution in [3.8, 4) is 11.5 Å². The van der Waals surface area contributed by atoms with Crippen molar-refractivity contribution in [3.05, 3.63) is 59.9 Å². The largest absolute Gasteiger partial charge is 0.457 e. The predicted molar refractivity (Wildman–Crippen MR) is 82.7 cm³/mol. The topological polar surface area (TPSA) is 53.9 Å². The lowest BCUT2D eigenvalue weighted by molar-refractivity contribution is 0.218. The van der Waals surface area contributed by atoms with Crippen molar-refractivity contribution in [2.45, 2.75) is 0 Å². The number of ether oxygens (including phenoxy) is 1. The summed E-state index contributed by atoms with van der Waals surface area (Å²) < 4.78 is 18.4. The summed E-state index contributed by atoms with van der Waals surface area (Å²) in [4.78, 5) is 12.7. The van der Waals surface area contributed by atoms with Crippen LogP contribution in [-0.4, -0.2) is 31.2 Å². The summed E-state index contributed by atoms with van der Waals surface area (Å²) in [5.41, 5.74) is 3.19. The number of urea groups is 1. The van der Waals surface area contributed by atoms with Gasteiger partial charge in [-0.1, -0.05) is 0 Å². The normalized spacial score (nSPS) is 10.5. The Morgan fingerprint density at radius 2 is 1.64 bits per heavy atom. The standard InChI is InChI=1S/C16H16FN3O2/c1-20(2)16(21)19-18-11-12-3-7-14(8-4-12)22-15-9-5-13(17)6-10-15/h3-11H,1-2H3,(H,19,21). The van der Waals surface area contributed by atoms with Crippen molar-refractivity contribution in [3.63, 3.8) is 0 Å². The lowest BCUT2D eigenvalue weighted by atomic mass is 10.2. The zero-order valence-corrected chi connectivity index (χ0v) is 12.3. The Kier molecular flexibility index (Phi) is 5.08. The van der Waals surface area contributed by atoms with E-state index < -0.39 is 0 Å². The number of hydrogen-bond acceptors (Lipinski definition) is 3. The van der Waals surface area contributed by atoms with Gasteiger partial charge in [-0.25, -0.2) is 14.6 Å². The van der Waals surface area contributed by atoms with Crippen molar-refractivity contribution in [1.82, 2.24) is 10.3 Å². The lowest BCUT2D eigenvalue weighted by Gasteiger charge is -2.08. The molecule has 0 atom stereocenters. The molecule has 0 heterocycles.